The van der Waals surface area contributed by atoms with Crippen molar-refractivity contribution in [2.24, 2.45) is 5.41 Å². The molecule has 0 atom stereocenters. The monoisotopic (exact) mass is 252 g/mol. The molecule has 17 heavy (non-hydrogen) atoms. The van der Waals surface area contributed by atoms with Gasteiger partial charge in [0.05, 0.1) is 0 Å². The van der Waals surface area contributed by atoms with Crippen molar-refractivity contribution >= 4 is 11.6 Å². The van der Waals surface area contributed by atoms with Crippen LogP contribution in [0.25, 0.3) is 0 Å². The van der Waals surface area contributed by atoms with Gasteiger partial charge < -0.3 is 4.74 Å². The largest absolute Gasteiger partial charge is 0.381 e. The summed E-state index contributed by atoms with van der Waals surface area (Å²) in [4.78, 5) is 0. The minimum Gasteiger partial charge on any atom is -0.381 e. The Morgan fingerprint density at radius 1 is 1.12 bits per heavy atom. The summed E-state index contributed by atoms with van der Waals surface area (Å²) in [5.74, 6) is 0.783. The van der Waals surface area contributed by atoms with Crippen molar-refractivity contribution in [1.29, 1.82) is 0 Å². The van der Waals surface area contributed by atoms with Crippen LogP contribution in [-0.4, -0.2) is 19.1 Å². The number of hydrogen-bond donors (Lipinski definition) is 0. The summed E-state index contributed by atoms with van der Waals surface area (Å²) in [6.45, 7) is 1.77. The predicted molar refractivity (Wildman–Crippen MR) is 72.6 cm³/mol. The molecule has 1 heterocycles. The quantitative estimate of drug-likeness (QED) is 0.719. The van der Waals surface area contributed by atoms with Crippen LogP contribution in [0.3, 0.4) is 0 Å². The zero-order valence-corrected chi connectivity index (χ0v) is 11.1. The van der Waals surface area contributed by atoms with E-state index in [1.54, 1.807) is 0 Å². The SMILES string of the molecule is ClCC1(CCCc2ccccc2)CCOCC1. The third-order valence-corrected chi connectivity index (χ3v) is 4.42. The molecule has 0 spiro atoms. The highest BCUT2D eigenvalue weighted by atomic mass is 35.5. The molecule has 2 heteroatoms. The Hall–Kier alpha value is -0.530. The molecule has 0 unspecified atom stereocenters. The van der Waals surface area contributed by atoms with Gasteiger partial charge in [0.2, 0.25) is 0 Å². The second kappa shape index (κ2) is 6.42. The van der Waals surface area contributed by atoms with Crippen LogP contribution in [-0.2, 0) is 11.2 Å². The topological polar surface area (TPSA) is 9.23 Å². The van der Waals surface area contributed by atoms with Crippen LogP contribution in [0.1, 0.15) is 31.2 Å². The second-order valence-electron chi connectivity index (χ2n) is 5.09. The van der Waals surface area contributed by atoms with E-state index in [4.69, 9.17) is 16.3 Å². The molecule has 1 fully saturated rings. The van der Waals surface area contributed by atoms with Crippen molar-refractivity contribution in [3.63, 3.8) is 0 Å². The summed E-state index contributed by atoms with van der Waals surface area (Å²) in [5, 5.41) is 0. The lowest BCUT2D eigenvalue weighted by Gasteiger charge is -2.35. The van der Waals surface area contributed by atoms with E-state index >= 15 is 0 Å². The molecule has 1 nitrogen and oxygen atoms in total. The second-order valence-corrected chi connectivity index (χ2v) is 5.35. The van der Waals surface area contributed by atoms with Crippen molar-refractivity contribution in [1.82, 2.24) is 0 Å². The van der Waals surface area contributed by atoms with E-state index in [1.807, 2.05) is 0 Å². The van der Waals surface area contributed by atoms with Crippen LogP contribution in [0.15, 0.2) is 30.3 Å². The van der Waals surface area contributed by atoms with E-state index in [2.05, 4.69) is 30.3 Å². The highest BCUT2D eigenvalue weighted by molar-refractivity contribution is 6.18. The van der Waals surface area contributed by atoms with Crippen molar-refractivity contribution in [2.75, 3.05) is 19.1 Å². The van der Waals surface area contributed by atoms with Gasteiger partial charge in [0, 0.05) is 19.1 Å². The van der Waals surface area contributed by atoms with E-state index in [-0.39, 0.29) is 0 Å². The molecule has 0 saturated carbocycles. The standard InChI is InChI=1S/C15H21ClO/c16-13-15(9-11-17-12-10-15)8-4-7-14-5-2-1-3-6-14/h1-3,5-6H,4,7-13H2. The fraction of sp³-hybridized carbons (Fsp3) is 0.600. The molecular formula is C15H21ClO. The zero-order chi connectivity index (χ0) is 12.0. The predicted octanol–water partition coefficient (Wildman–Crippen LogP) is 4.04. The Kier molecular flexibility index (Phi) is 4.87. The number of aryl methyl sites for hydroxylation is 1. The molecule has 1 aliphatic rings. The number of ether oxygens (including phenoxy) is 1. The summed E-state index contributed by atoms with van der Waals surface area (Å²) in [6.07, 6.45) is 5.89. The van der Waals surface area contributed by atoms with Gasteiger partial charge in [-0.2, -0.15) is 0 Å². The minimum atomic E-state index is 0.342. The summed E-state index contributed by atoms with van der Waals surface area (Å²) in [7, 11) is 0. The summed E-state index contributed by atoms with van der Waals surface area (Å²) in [6, 6.07) is 10.7. The number of rotatable bonds is 5. The van der Waals surface area contributed by atoms with Crippen molar-refractivity contribution in [3.8, 4) is 0 Å². The molecule has 0 N–H and O–H groups in total. The van der Waals surface area contributed by atoms with E-state index in [1.165, 1.54) is 24.8 Å². The number of alkyl halides is 1. The zero-order valence-electron chi connectivity index (χ0n) is 10.3. The smallest absolute Gasteiger partial charge is 0.0471 e. The highest BCUT2D eigenvalue weighted by Crippen LogP contribution is 2.36. The maximum atomic E-state index is 6.16. The molecule has 1 saturated heterocycles. The van der Waals surface area contributed by atoms with Crippen LogP contribution in [0.4, 0.5) is 0 Å². The van der Waals surface area contributed by atoms with E-state index in [0.717, 1.165) is 31.9 Å². The van der Waals surface area contributed by atoms with Crippen molar-refractivity contribution in [2.45, 2.75) is 32.1 Å². The summed E-state index contributed by atoms with van der Waals surface area (Å²) < 4.78 is 5.43. The third-order valence-electron chi connectivity index (χ3n) is 3.85. The van der Waals surface area contributed by atoms with Crippen molar-refractivity contribution < 1.29 is 4.74 Å². The number of halogens is 1. The van der Waals surface area contributed by atoms with Crippen LogP contribution < -0.4 is 0 Å². The first-order valence-electron chi connectivity index (χ1n) is 6.52. The van der Waals surface area contributed by atoms with Gasteiger partial charge in [-0.15, -0.1) is 11.6 Å². The van der Waals surface area contributed by atoms with E-state index in [9.17, 15) is 0 Å². The van der Waals surface area contributed by atoms with Crippen LogP contribution in [0, 0.1) is 5.41 Å². The maximum absolute atomic E-state index is 6.16. The van der Waals surface area contributed by atoms with Gasteiger partial charge in [0.1, 0.15) is 0 Å². The molecule has 94 valence electrons. The van der Waals surface area contributed by atoms with Gasteiger partial charge in [0.15, 0.2) is 0 Å². The first-order chi connectivity index (χ1) is 8.35. The molecule has 1 aliphatic heterocycles. The number of hydrogen-bond acceptors (Lipinski definition) is 1. The van der Waals surface area contributed by atoms with E-state index < -0.39 is 0 Å². The van der Waals surface area contributed by atoms with Gasteiger partial charge in [-0.3, -0.25) is 0 Å². The lowest BCUT2D eigenvalue weighted by Crippen LogP contribution is -2.31. The Bertz CT molecular complexity index is 317. The molecule has 0 aromatic heterocycles. The summed E-state index contributed by atoms with van der Waals surface area (Å²) >= 11 is 6.16. The van der Waals surface area contributed by atoms with Crippen LogP contribution in [0.2, 0.25) is 0 Å². The first kappa shape index (κ1) is 12.9. The Balaban J connectivity index is 1.80. The Morgan fingerprint density at radius 3 is 2.47 bits per heavy atom. The lowest BCUT2D eigenvalue weighted by atomic mass is 9.77. The molecule has 0 bridgehead atoms. The fourth-order valence-electron chi connectivity index (χ4n) is 2.57. The van der Waals surface area contributed by atoms with Gasteiger partial charge in [-0.05, 0) is 43.1 Å². The van der Waals surface area contributed by atoms with Gasteiger partial charge >= 0.3 is 0 Å². The normalized spacial score (nSPS) is 19.1. The maximum Gasteiger partial charge on any atom is 0.0471 e. The Labute approximate surface area is 109 Å². The minimum absolute atomic E-state index is 0.342. The summed E-state index contributed by atoms with van der Waals surface area (Å²) in [5.41, 5.74) is 1.78. The van der Waals surface area contributed by atoms with Crippen LogP contribution in [0.5, 0.6) is 0 Å². The molecular weight excluding hydrogens is 232 g/mol. The first-order valence-corrected chi connectivity index (χ1v) is 7.06. The third kappa shape index (κ3) is 3.72. The van der Waals surface area contributed by atoms with E-state index in [0.29, 0.717) is 5.41 Å². The van der Waals surface area contributed by atoms with Gasteiger partial charge in [-0.1, -0.05) is 30.3 Å². The number of benzene rings is 1. The molecule has 2 rings (SSSR count). The lowest BCUT2D eigenvalue weighted by molar-refractivity contribution is 0.0207. The highest BCUT2D eigenvalue weighted by Gasteiger charge is 2.30. The molecule has 0 amide bonds. The Morgan fingerprint density at radius 2 is 1.82 bits per heavy atom. The average molecular weight is 253 g/mol. The van der Waals surface area contributed by atoms with Gasteiger partial charge in [0.25, 0.3) is 0 Å². The average Bonchev–Trinajstić information content (AvgIpc) is 2.41. The van der Waals surface area contributed by atoms with Crippen LogP contribution >= 0.6 is 11.6 Å². The molecule has 1 aromatic carbocycles. The molecule has 0 radical (unpaired) electrons. The fourth-order valence-corrected chi connectivity index (χ4v) is 2.97. The molecule has 0 aliphatic carbocycles. The van der Waals surface area contributed by atoms with Gasteiger partial charge in [-0.25, -0.2) is 0 Å². The van der Waals surface area contributed by atoms with Crippen molar-refractivity contribution in [3.05, 3.63) is 35.9 Å². The molecule has 1 aromatic rings.